The Bertz CT molecular complexity index is 412. The van der Waals surface area contributed by atoms with Gasteiger partial charge in [-0.25, -0.2) is 0 Å². The van der Waals surface area contributed by atoms with Crippen LogP contribution in [0.2, 0.25) is 0 Å². The predicted octanol–water partition coefficient (Wildman–Crippen LogP) is 0.663. The summed E-state index contributed by atoms with van der Waals surface area (Å²) in [5.74, 6) is -0.181. The molecule has 0 aromatic rings. The topological polar surface area (TPSA) is 82.3 Å². The third-order valence-electron chi connectivity index (χ3n) is 2.78. The van der Waals surface area contributed by atoms with Gasteiger partial charge in [0.2, 0.25) is 11.8 Å². The second kappa shape index (κ2) is 17.2. The van der Waals surface area contributed by atoms with Crippen LogP contribution >= 0.6 is 0 Å². The second-order valence-electron chi connectivity index (χ2n) is 4.85. The maximum atomic E-state index is 11.3. The molecule has 0 fully saturated rings. The molecule has 6 nitrogen and oxygen atoms in total. The first-order valence-electron chi connectivity index (χ1n) is 8.26. The highest BCUT2D eigenvalue weighted by atomic mass is 16.2. The van der Waals surface area contributed by atoms with Crippen LogP contribution in [0.5, 0.6) is 0 Å². The van der Waals surface area contributed by atoms with Gasteiger partial charge in [-0.15, -0.1) is 0 Å². The van der Waals surface area contributed by atoms with Crippen molar-refractivity contribution in [3.05, 3.63) is 48.6 Å². The van der Waals surface area contributed by atoms with Crippen molar-refractivity contribution < 1.29 is 9.59 Å². The first-order valence-corrected chi connectivity index (χ1v) is 8.26. The Kier molecular flexibility index (Phi) is 15.6. The van der Waals surface area contributed by atoms with Gasteiger partial charge >= 0.3 is 0 Å². The SMILES string of the molecule is C/C=C/C=C/C(=O)NCCNCCNCCNC(=O)/C=C/C=C/C. The molecule has 0 aromatic heterocycles. The zero-order chi connectivity index (χ0) is 17.9. The molecule has 0 aliphatic heterocycles. The summed E-state index contributed by atoms with van der Waals surface area (Å²) in [6.07, 6.45) is 13.8. The van der Waals surface area contributed by atoms with E-state index in [1.807, 2.05) is 38.2 Å². The van der Waals surface area contributed by atoms with Crippen LogP contribution in [0.3, 0.4) is 0 Å². The van der Waals surface area contributed by atoms with E-state index in [2.05, 4.69) is 21.3 Å². The molecule has 0 rings (SSSR count). The van der Waals surface area contributed by atoms with Gasteiger partial charge in [-0.05, 0) is 13.8 Å². The zero-order valence-electron chi connectivity index (χ0n) is 14.7. The maximum absolute atomic E-state index is 11.3. The van der Waals surface area contributed by atoms with E-state index in [0.717, 1.165) is 26.2 Å². The Balaban J connectivity index is 3.37. The predicted molar refractivity (Wildman–Crippen MR) is 99.7 cm³/mol. The number of nitrogens with one attached hydrogen (secondary N) is 4. The molecule has 0 aliphatic rings. The summed E-state index contributed by atoms with van der Waals surface area (Å²) in [5, 5.41) is 12.0. The number of rotatable bonds is 13. The van der Waals surface area contributed by atoms with Gasteiger partial charge in [-0.1, -0.05) is 36.5 Å². The molecule has 0 saturated heterocycles. The number of carbonyl (C=O) groups excluding carboxylic acids is 2. The van der Waals surface area contributed by atoms with E-state index in [1.165, 1.54) is 12.2 Å². The average molecular weight is 334 g/mol. The van der Waals surface area contributed by atoms with Gasteiger partial charge in [0.05, 0.1) is 0 Å². The largest absolute Gasteiger partial charge is 0.351 e. The van der Waals surface area contributed by atoms with Gasteiger partial charge in [0, 0.05) is 51.4 Å². The van der Waals surface area contributed by atoms with Crippen molar-refractivity contribution >= 4 is 11.8 Å². The summed E-state index contributed by atoms with van der Waals surface area (Å²) < 4.78 is 0. The standard InChI is InChI=1S/C18H30N4O2/c1-3-5-7-9-17(23)21-15-13-19-11-12-20-14-16-22-18(24)10-8-6-4-2/h3-10,19-20H,11-16H2,1-2H3,(H,21,23)(H,22,24)/b5-3+,6-4+,9-7+,10-8+. The molecule has 0 heterocycles. The Hall–Kier alpha value is -2.18. The molecule has 134 valence electrons. The summed E-state index contributed by atoms with van der Waals surface area (Å²) in [6.45, 7) is 8.03. The van der Waals surface area contributed by atoms with Gasteiger partial charge in [0.25, 0.3) is 0 Å². The van der Waals surface area contributed by atoms with Crippen LogP contribution in [0, 0.1) is 0 Å². The molecule has 24 heavy (non-hydrogen) atoms. The van der Waals surface area contributed by atoms with Gasteiger partial charge < -0.3 is 21.3 Å². The highest BCUT2D eigenvalue weighted by molar-refractivity contribution is 5.88. The van der Waals surface area contributed by atoms with Crippen molar-refractivity contribution in [2.24, 2.45) is 0 Å². The molecule has 2 amide bonds. The average Bonchev–Trinajstić information content (AvgIpc) is 2.57. The Labute approximate surface area is 145 Å². The first kappa shape index (κ1) is 21.8. The van der Waals surface area contributed by atoms with E-state index in [-0.39, 0.29) is 11.8 Å². The fraction of sp³-hybridized carbons (Fsp3) is 0.444. The van der Waals surface area contributed by atoms with Gasteiger partial charge in [0.15, 0.2) is 0 Å². The van der Waals surface area contributed by atoms with E-state index < -0.39 is 0 Å². The molecule has 0 saturated carbocycles. The highest BCUT2D eigenvalue weighted by Gasteiger charge is 1.94. The second-order valence-corrected chi connectivity index (χ2v) is 4.85. The third-order valence-corrected chi connectivity index (χ3v) is 2.78. The minimum Gasteiger partial charge on any atom is -0.351 e. The normalized spacial score (nSPS) is 11.9. The molecule has 0 unspecified atom stereocenters. The van der Waals surface area contributed by atoms with Gasteiger partial charge in [0.1, 0.15) is 0 Å². The summed E-state index contributed by atoms with van der Waals surface area (Å²) in [7, 11) is 0. The van der Waals surface area contributed by atoms with Crippen LogP contribution in [-0.2, 0) is 9.59 Å². The number of hydrogen-bond acceptors (Lipinski definition) is 4. The van der Waals surface area contributed by atoms with E-state index >= 15 is 0 Å². The fourth-order valence-electron chi connectivity index (χ4n) is 1.60. The van der Waals surface area contributed by atoms with Crippen molar-refractivity contribution in [3.8, 4) is 0 Å². The molecule has 0 aromatic carbocycles. The van der Waals surface area contributed by atoms with Crippen molar-refractivity contribution in [2.75, 3.05) is 39.3 Å². The molecular formula is C18H30N4O2. The van der Waals surface area contributed by atoms with Crippen LogP contribution in [0.25, 0.3) is 0 Å². The van der Waals surface area contributed by atoms with Crippen LogP contribution in [0.1, 0.15) is 13.8 Å². The molecule has 4 N–H and O–H groups in total. The van der Waals surface area contributed by atoms with Crippen molar-refractivity contribution in [1.29, 1.82) is 0 Å². The summed E-state index contributed by atoms with van der Waals surface area (Å²) in [4.78, 5) is 22.7. The van der Waals surface area contributed by atoms with Crippen LogP contribution in [-0.4, -0.2) is 51.1 Å². The van der Waals surface area contributed by atoms with Crippen molar-refractivity contribution in [1.82, 2.24) is 21.3 Å². The van der Waals surface area contributed by atoms with Crippen LogP contribution < -0.4 is 21.3 Å². The fourth-order valence-corrected chi connectivity index (χ4v) is 1.60. The summed E-state index contributed by atoms with van der Waals surface area (Å²) in [6, 6.07) is 0. The number of hydrogen-bond donors (Lipinski definition) is 4. The molecular weight excluding hydrogens is 304 g/mol. The quantitative estimate of drug-likeness (QED) is 0.227. The minimum atomic E-state index is -0.0905. The zero-order valence-corrected chi connectivity index (χ0v) is 14.7. The lowest BCUT2D eigenvalue weighted by Gasteiger charge is -2.07. The van der Waals surface area contributed by atoms with Gasteiger partial charge in [-0.3, -0.25) is 9.59 Å². The van der Waals surface area contributed by atoms with Crippen molar-refractivity contribution in [2.45, 2.75) is 13.8 Å². The van der Waals surface area contributed by atoms with E-state index in [4.69, 9.17) is 0 Å². The number of amides is 2. The van der Waals surface area contributed by atoms with Crippen LogP contribution in [0.4, 0.5) is 0 Å². The Morgan fingerprint density at radius 1 is 0.625 bits per heavy atom. The summed E-state index contributed by atoms with van der Waals surface area (Å²) >= 11 is 0. The molecule has 6 heteroatoms. The molecule has 0 aliphatic carbocycles. The lowest BCUT2D eigenvalue weighted by Crippen LogP contribution is -2.36. The van der Waals surface area contributed by atoms with E-state index in [1.54, 1.807) is 12.2 Å². The van der Waals surface area contributed by atoms with Gasteiger partial charge in [-0.2, -0.15) is 0 Å². The molecule has 0 bridgehead atoms. The maximum Gasteiger partial charge on any atom is 0.244 e. The smallest absolute Gasteiger partial charge is 0.244 e. The number of carbonyl (C=O) groups is 2. The molecule has 0 spiro atoms. The Morgan fingerprint density at radius 2 is 1.00 bits per heavy atom. The minimum absolute atomic E-state index is 0.0905. The first-order chi connectivity index (χ1) is 11.7. The lowest BCUT2D eigenvalue weighted by atomic mass is 10.4. The summed E-state index contributed by atoms with van der Waals surface area (Å²) in [5.41, 5.74) is 0. The highest BCUT2D eigenvalue weighted by Crippen LogP contribution is 1.77. The lowest BCUT2D eigenvalue weighted by molar-refractivity contribution is -0.117. The Morgan fingerprint density at radius 3 is 1.38 bits per heavy atom. The third kappa shape index (κ3) is 16.2. The van der Waals surface area contributed by atoms with Crippen LogP contribution in [0.15, 0.2) is 48.6 Å². The van der Waals surface area contributed by atoms with E-state index in [9.17, 15) is 9.59 Å². The monoisotopic (exact) mass is 334 g/mol. The van der Waals surface area contributed by atoms with Crippen molar-refractivity contribution in [3.63, 3.8) is 0 Å². The van der Waals surface area contributed by atoms with E-state index in [0.29, 0.717) is 13.1 Å². The molecule has 0 atom stereocenters. The molecule has 0 radical (unpaired) electrons. The number of allylic oxidation sites excluding steroid dienone is 6.